The average molecular weight is 154 g/mol. The molecule has 0 spiro atoms. The fourth-order valence-corrected chi connectivity index (χ4v) is 0. The minimum atomic E-state index is 0. The van der Waals surface area contributed by atoms with Crippen molar-refractivity contribution in [2.24, 2.45) is 0 Å². The Bertz CT molecular complexity index is 7.61. The molecule has 0 aromatic carbocycles. The summed E-state index contributed by atoms with van der Waals surface area (Å²) in [6, 6.07) is 0. The van der Waals surface area contributed by atoms with Gasteiger partial charge < -0.3 is 0 Å². The van der Waals surface area contributed by atoms with E-state index in [4.69, 9.17) is 0 Å². The van der Waals surface area contributed by atoms with Crippen LogP contribution in [0.5, 0.6) is 0 Å². The van der Waals surface area contributed by atoms with Crippen LogP contribution >= 0.6 is 0 Å². The van der Waals surface area contributed by atoms with Crippen LogP contribution < -0.4 is 0 Å². The van der Waals surface area contributed by atoms with Crippen LogP contribution in [0.15, 0.2) is 0 Å². The Kier molecular flexibility index (Phi) is 2960. The second-order valence-corrected chi connectivity index (χ2v) is 0. The molecule has 41 valence electrons. The zero-order valence-electron chi connectivity index (χ0n) is 1.32. The van der Waals surface area contributed by atoms with Gasteiger partial charge in [-0.15, -0.1) is 0 Å². The monoisotopic (exact) mass is 153 g/mol. The summed E-state index contributed by atoms with van der Waals surface area (Å²) in [5, 5.41) is 0. The SMILES string of the molecule is C.C.[Ni].[SiH3].[SiH4]. The molecule has 0 nitrogen and oxygen atoms in total. The minimum Gasteiger partial charge on any atom is -0.0776 e. The standard InChI is InChI=1S/2CH4.Ni.H4Si.H3Si/h2*1H4;;1H4;1H3. The molecule has 0 aliphatic heterocycles. The third kappa shape index (κ3) is 49.1. The van der Waals surface area contributed by atoms with E-state index in [0.717, 1.165) is 0 Å². The smallest absolute Gasteiger partial charge is 0 e. The van der Waals surface area contributed by atoms with E-state index < -0.39 is 0 Å². The van der Waals surface area contributed by atoms with Crippen LogP contribution in [0.25, 0.3) is 0 Å². The van der Waals surface area contributed by atoms with Gasteiger partial charge in [-0.2, -0.15) is 0 Å². The molecule has 1 radical (unpaired) electrons. The van der Waals surface area contributed by atoms with E-state index >= 15 is 0 Å². The fourth-order valence-electron chi connectivity index (χ4n) is 0. The predicted molar refractivity (Wildman–Crippen MR) is 34.7 cm³/mol. The molecule has 0 aromatic heterocycles. The van der Waals surface area contributed by atoms with Crippen LogP contribution in [0.4, 0.5) is 0 Å². The van der Waals surface area contributed by atoms with Crippen molar-refractivity contribution in [1.29, 1.82) is 0 Å². The van der Waals surface area contributed by atoms with Gasteiger partial charge in [0.2, 0.25) is 0 Å². The summed E-state index contributed by atoms with van der Waals surface area (Å²) in [6.07, 6.45) is 0. The molecule has 0 saturated carbocycles. The summed E-state index contributed by atoms with van der Waals surface area (Å²) in [7, 11) is 0. The third-order valence-electron chi connectivity index (χ3n) is 0. The number of rotatable bonds is 0. The summed E-state index contributed by atoms with van der Waals surface area (Å²) in [5.74, 6) is 0. The molecule has 0 atom stereocenters. The van der Waals surface area contributed by atoms with Crippen molar-refractivity contribution in [3.63, 3.8) is 0 Å². The molecule has 0 fully saturated rings. The van der Waals surface area contributed by atoms with Crippen molar-refractivity contribution in [2.75, 3.05) is 0 Å². The van der Waals surface area contributed by atoms with Crippen molar-refractivity contribution < 1.29 is 16.5 Å². The van der Waals surface area contributed by atoms with Gasteiger partial charge in [0.15, 0.2) is 0 Å². The van der Waals surface area contributed by atoms with Gasteiger partial charge in [0.25, 0.3) is 0 Å². The summed E-state index contributed by atoms with van der Waals surface area (Å²) in [6.45, 7) is 0. The second kappa shape index (κ2) is 88.4. The van der Waals surface area contributed by atoms with Crippen LogP contribution in [0.3, 0.4) is 0 Å². The van der Waals surface area contributed by atoms with E-state index in [1.54, 1.807) is 0 Å². The Balaban J connectivity index is 0. The fraction of sp³-hybridized carbons (Fsp3) is 1.00. The normalized spacial score (nSPS) is 0. The first-order valence-electron chi connectivity index (χ1n) is 0. The minimum absolute atomic E-state index is 0. The first-order valence-corrected chi connectivity index (χ1v) is 0. The quantitative estimate of drug-likeness (QED) is 0.378. The molecule has 0 aromatic rings. The Morgan fingerprint density at radius 3 is 0.800 bits per heavy atom. The van der Waals surface area contributed by atoms with Gasteiger partial charge in [-0.3, -0.25) is 0 Å². The number of hydrogen-bond donors (Lipinski definition) is 0. The Morgan fingerprint density at radius 1 is 0.800 bits per heavy atom. The summed E-state index contributed by atoms with van der Waals surface area (Å²) in [4.78, 5) is 0. The summed E-state index contributed by atoms with van der Waals surface area (Å²) >= 11 is 0. The van der Waals surface area contributed by atoms with Gasteiger partial charge >= 0.3 is 0 Å². The molecular weight excluding hydrogens is 139 g/mol. The van der Waals surface area contributed by atoms with Gasteiger partial charge in [0.05, 0.1) is 0 Å². The average Bonchev–Trinajstić information content (AvgIpc) is 0. The van der Waals surface area contributed by atoms with E-state index in [9.17, 15) is 0 Å². The maximum absolute atomic E-state index is 0. The zero-order valence-corrected chi connectivity index (χ0v) is 4.30. The first kappa shape index (κ1) is 167. The first-order chi connectivity index (χ1) is 0. The molecule has 0 N–H and O–H groups in total. The Hall–Kier alpha value is 0.927. The summed E-state index contributed by atoms with van der Waals surface area (Å²) in [5.41, 5.74) is 0. The molecule has 0 aliphatic rings. The largest absolute Gasteiger partial charge is 0.0776 e. The van der Waals surface area contributed by atoms with Crippen LogP contribution in [0.2, 0.25) is 0 Å². The van der Waals surface area contributed by atoms with Gasteiger partial charge in [-0.1, -0.05) is 14.9 Å². The second-order valence-electron chi connectivity index (χ2n) is 0. The zero-order chi connectivity index (χ0) is 0. The van der Waals surface area contributed by atoms with Crippen LogP contribution in [0.1, 0.15) is 14.9 Å². The van der Waals surface area contributed by atoms with Crippen molar-refractivity contribution in [3.05, 3.63) is 0 Å². The molecule has 0 rings (SSSR count). The maximum Gasteiger partial charge on any atom is 0 e. The van der Waals surface area contributed by atoms with Crippen molar-refractivity contribution in [3.8, 4) is 0 Å². The van der Waals surface area contributed by atoms with Crippen molar-refractivity contribution in [1.82, 2.24) is 0 Å². The third-order valence-corrected chi connectivity index (χ3v) is 0. The molecule has 3 heteroatoms. The van der Waals surface area contributed by atoms with E-state index in [1.807, 2.05) is 0 Å². The molecule has 0 saturated heterocycles. The van der Waals surface area contributed by atoms with E-state index in [0.29, 0.717) is 0 Å². The van der Waals surface area contributed by atoms with Crippen LogP contribution in [-0.4, -0.2) is 21.9 Å². The molecule has 0 heterocycles. The van der Waals surface area contributed by atoms with Gasteiger partial charge in [0, 0.05) is 16.5 Å². The van der Waals surface area contributed by atoms with Gasteiger partial charge in [-0.25, -0.2) is 0 Å². The molecule has 5 heavy (non-hydrogen) atoms. The Morgan fingerprint density at radius 2 is 0.800 bits per heavy atom. The topological polar surface area (TPSA) is 0 Å². The molecule has 0 amide bonds. The predicted octanol–water partition coefficient (Wildman–Crippen LogP) is -1.37. The van der Waals surface area contributed by atoms with Gasteiger partial charge in [-0.05, 0) is 21.9 Å². The van der Waals surface area contributed by atoms with Gasteiger partial charge in [0.1, 0.15) is 0 Å². The summed E-state index contributed by atoms with van der Waals surface area (Å²) < 4.78 is 0. The Labute approximate surface area is 53.7 Å². The maximum atomic E-state index is 0. The number of hydrogen-bond acceptors (Lipinski definition) is 0. The van der Waals surface area contributed by atoms with Crippen molar-refractivity contribution in [2.45, 2.75) is 14.9 Å². The van der Waals surface area contributed by atoms with E-state index in [1.165, 1.54) is 0 Å². The molecule has 0 aliphatic carbocycles. The molecular formula is C2H15NiSi2. The van der Waals surface area contributed by atoms with E-state index in [-0.39, 0.29) is 53.3 Å². The van der Waals surface area contributed by atoms with Crippen molar-refractivity contribution >= 4 is 21.9 Å². The van der Waals surface area contributed by atoms with Crippen LogP contribution in [-0.2, 0) is 16.5 Å². The molecule has 0 bridgehead atoms. The van der Waals surface area contributed by atoms with Crippen LogP contribution in [0, 0.1) is 0 Å². The van der Waals surface area contributed by atoms with E-state index in [2.05, 4.69) is 0 Å². The molecule has 0 unspecified atom stereocenters.